The fourth-order valence-corrected chi connectivity index (χ4v) is 2.82. The highest BCUT2D eigenvalue weighted by atomic mass is 16.1. The van der Waals surface area contributed by atoms with Gasteiger partial charge >= 0.3 is 0 Å². The summed E-state index contributed by atoms with van der Waals surface area (Å²) < 4.78 is 0. The van der Waals surface area contributed by atoms with Gasteiger partial charge in [-0.15, -0.1) is 0 Å². The van der Waals surface area contributed by atoms with Gasteiger partial charge in [-0.1, -0.05) is 12.1 Å². The van der Waals surface area contributed by atoms with E-state index in [0.717, 1.165) is 31.5 Å². The Morgan fingerprint density at radius 3 is 2.63 bits per heavy atom. The first kappa shape index (κ1) is 14.0. The van der Waals surface area contributed by atoms with Crippen LogP contribution in [0.2, 0.25) is 0 Å². The van der Waals surface area contributed by atoms with Crippen LogP contribution >= 0.6 is 0 Å². The van der Waals surface area contributed by atoms with Gasteiger partial charge in [0.2, 0.25) is 0 Å². The van der Waals surface area contributed by atoms with Gasteiger partial charge in [0.25, 0.3) is 0 Å². The molecule has 1 aliphatic rings. The van der Waals surface area contributed by atoms with Crippen LogP contribution in [-0.2, 0) is 4.79 Å². The minimum atomic E-state index is -0.114. The number of likely N-dealkylation sites (N-methyl/N-ethyl adjacent to an activating group) is 1. The molecular weight excluding hydrogens is 238 g/mol. The fourth-order valence-electron chi connectivity index (χ4n) is 2.82. The Kier molecular flexibility index (Phi) is 4.56. The van der Waals surface area contributed by atoms with Crippen LogP contribution in [0.5, 0.6) is 0 Å². The number of hydrogen-bond acceptors (Lipinski definition) is 4. The van der Waals surface area contributed by atoms with Crippen molar-refractivity contribution in [3.8, 4) is 0 Å². The first-order valence-corrected chi connectivity index (χ1v) is 6.83. The molecule has 4 nitrogen and oxygen atoms in total. The van der Waals surface area contributed by atoms with Crippen LogP contribution in [-0.4, -0.2) is 49.4 Å². The molecule has 0 bridgehead atoms. The van der Waals surface area contributed by atoms with Crippen molar-refractivity contribution in [3.63, 3.8) is 0 Å². The third-order valence-electron chi connectivity index (χ3n) is 3.89. The lowest BCUT2D eigenvalue weighted by atomic mass is 9.90. The summed E-state index contributed by atoms with van der Waals surface area (Å²) in [5.74, 6) is 0.497. The van der Waals surface area contributed by atoms with Crippen LogP contribution in [0.25, 0.3) is 0 Å². The van der Waals surface area contributed by atoms with E-state index in [-0.39, 0.29) is 6.17 Å². The molecule has 0 aliphatic carbocycles. The molecule has 2 unspecified atom stereocenters. The second-order valence-corrected chi connectivity index (χ2v) is 5.51. The predicted octanol–water partition coefficient (Wildman–Crippen LogP) is 1.53. The van der Waals surface area contributed by atoms with Crippen molar-refractivity contribution in [2.24, 2.45) is 0 Å². The number of nitrogens with zero attached hydrogens (tertiary/aromatic N) is 2. The number of carbonyl (C=O) groups excluding carboxylic acids is 1. The highest BCUT2D eigenvalue weighted by Gasteiger charge is 2.27. The van der Waals surface area contributed by atoms with Gasteiger partial charge in [-0.2, -0.15) is 0 Å². The Balaban J connectivity index is 2.08. The SMILES string of the molecule is CN(C)C(C=O)N1CCCC(c2ccc(N)cc2)C1. The first-order chi connectivity index (χ1) is 9.11. The molecule has 0 amide bonds. The van der Waals surface area contributed by atoms with Gasteiger partial charge in [-0.25, -0.2) is 0 Å². The van der Waals surface area contributed by atoms with Gasteiger partial charge in [0.15, 0.2) is 6.29 Å². The number of aldehydes is 1. The van der Waals surface area contributed by atoms with E-state index in [1.807, 2.05) is 31.1 Å². The molecule has 1 aliphatic heterocycles. The number of benzene rings is 1. The van der Waals surface area contributed by atoms with E-state index in [1.54, 1.807) is 0 Å². The van der Waals surface area contributed by atoms with Crippen LogP contribution in [0.1, 0.15) is 24.3 Å². The normalized spacial score (nSPS) is 22.4. The number of nitrogen functional groups attached to an aromatic ring is 1. The van der Waals surface area contributed by atoms with E-state index in [1.165, 1.54) is 12.0 Å². The first-order valence-electron chi connectivity index (χ1n) is 6.83. The standard InChI is InChI=1S/C15H23N3O/c1-17(2)15(11-19)18-9-3-4-13(10-18)12-5-7-14(16)8-6-12/h5-8,11,13,15H,3-4,9-10,16H2,1-2H3. The maximum Gasteiger partial charge on any atom is 0.151 e. The average molecular weight is 261 g/mol. The lowest BCUT2D eigenvalue weighted by Gasteiger charge is -2.38. The molecule has 2 N–H and O–H groups in total. The van der Waals surface area contributed by atoms with Crippen LogP contribution in [0.3, 0.4) is 0 Å². The summed E-state index contributed by atoms with van der Waals surface area (Å²) in [6.45, 7) is 1.93. The molecule has 0 spiro atoms. The summed E-state index contributed by atoms with van der Waals surface area (Å²) >= 11 is 0. The van der Waals surface area contributed by atoms with Crippen molar-refractivity contribution in [3.05, 3.63) is 29.8 Å². The molecule has 1 heterocycles. The van der Waals surface area contributed by atoms with Crippen molar-refractivity contribution >= 4 is 12.0 Å². The van der Waals surface area contributed by atoms with Gasteiger partial charge < -0.3 is 10.5 Å². The summed E-state index contributed by atoms with van der Waals surface area (Å²) in [6.07, 6.45) is 3.23. The van der Waals surface area contributed by atoms with E-state index in [0.29, 0.717) is 5.92 Å². The fraction of sp³-hybridized carbons (Fsp3) is 0.533. The second kappa shape index (κ2) is 6.17. The number of carbonyl (C=O) groups is 1. The van der Waals surface area contributed by atoms with E-state index < -0.39 is 0 Å². The number of anilines is 1. The molecule has 1 fully saturated rings. The lowest BCUT2D eigenvalue weighted by molar-refractivity contribution is -0.118. The Labute approximate surface area is 115 Å². The van der Waals surface area contributed by atoms with Crippen LogP contribution < -0.4 is 5.73 Å². The zero-order chi connectivity index (χ0) is 13.8. The van der Waals surface area contributed by atoms with E-state index in [2.05, 4.69) is 17.0 Å². The predicted molar refractivity (Wildman–Crippen MR) is 77.9 cm³/mol. The number of rotatable bonds is 4. The molecule has 0 aromatic heterocycles. The van der Waals surface area contributed by atoms with Crippen LogP contribution in [0.4, 0.5) is 5.69 Å². The molecule has 2 atom stereocenters. The quantitative estimate of drug-likeness (QED) is 0.660. The lowest BCUT2D eigenvalue weighted by Crippen LogP contribution is -2.49. The molecule has 0 saturated carbocycles. The largest absolute Gasteiger partial charge is 0.399 e. The van der Waals surface area contributed by atoms with Crippen molar-refractivity contribution in [1.29, 1.82) is 0 Å². The van der Waals surface area contributed by atoms with Crippen molar-refractivity contribution in [1.82, 2.24) is 9.80 Å². The Morgan fingerprint density at radius 1 is 1.37 bits per heavy atom. The summed E-state index contributed by atoms with van der Waals surface area (Å²) in [7, 11) is 3.90. The number of piperidine rings is 1. The monoisotopic (exact) mass is 261 g/mol. The minimum Gasteiger partial charge on any atom is -0.399 e. The highest BCUT2D eigenvalue weighted by Crippen LogP contribution is 2.28. The van der Waals surface area contributed by atoms with Gasteiger partial charge in [-0.05, 0) is 50.6 Å². The molecule has 1 aromatic rings. The van der Waals surface area contributed by atoms with Gasteiger partial charge in [0.05, 0.1) is 0 Å². The smallest absolute Gasteiger partial charge is 0.151 e. The zero-order valence-corrected chi connectivity index (χ0v) is 11.7. The molecule has 0 radical (unpaired) electrons. The Bertz CT molecular complexity index is 416. The summed E-state index contributed by atoms with van der Waals surface area (Å²) in [5.41, 5.74) is 7.85. The number of hydrogen-bond donors (Lipinski definition) is 1. The van der Waals surface area contributed by atoms with E-state index in [4.69, 9.17) is 5.73 Å². The highest BCUT2D eigenvalue weighted by molar-refractivity contribution is 5.56. The molecular formula is C15H23N3O. The molecule has 19 heavy (non-hydrogen) atoms. The molecule has 1 aromatic carbocycles. The van der Waals surface area contributed by atoms with Gasteiger partial charge in [0.1, 0.15) is 6.17 Å². The maximum atomic E-state index is 11.2. The third-order valence-corrected chi connectivity index (χ3v) is 3.89. The molecule has 2 rings (SSSR count). The van der Waals surface area contributed by atoms with Crippen LogP contribution in [0.15, 0.2) is 24.3 Å². The summed E-state index contributed by atoms with van der Waals surface area (Å²) in [5, 5.41) is 0. The van der Waals surface area contributed by atoms with Crippen molar-refractivity contribution < 1.29 is 4.79 Å². The van der Waals surface area contributed by atoms with Crippen LogP contribution in [0, 0.1) is 0 Å². The summed E-state index contributed by atoms with van der Waals surface area (Å²) in [4.78, 5) is 15.5. The second-order valence-electron chi connectivity index (χ2n) is 5.51. The van der Waals surface area contributed by atoms with Crippen molar-refractivity contribution in [2.45, 2.75) is 24.9 Å². The number of likely N-dealkylation sites (tertiary alicyclic amines) is 1. The molecule has 104 valence electrons. The molecule has 4 heteroatoms. The summed E-state index contributed by atoms with van der Waals surface area (Å²) in [6, 6.07) is 8.12. The van der Waals surface area contributed by atoms with Gasteiger partial charge in [-0.3, -0.25) is 9.80 Å². The maximum absolute atomic E-state index is 11.2. The molecule has 1 saturated heterocycles. The Hall–Kier alpha value is -1.39. The van der Waals surface area contributed by atoms with E-state index in [9.17, 15) is 4.79 Å². The van der Waals surface area contributed by atoms with Gasteiger partial charge in [0, 0.05) is 18.8 Å². The number of nitrogens with two attached hydrogens (primary N) is 1. The Morgan fingerprint density at radius 2 is 2.05 bits per heavy atom. The minimum absolute atomic E-state index is 0.114. The van der Waals surface area contributed by atoms with Crippen molar-refractivity contribution in [2.75, 3.05) is 32.9 Å². The average Bonchev–Trinajstić information content (AvgIpc) is 2.40. The topological polar surface area (TPSA) is 49.6 Å². The third kappa shape index (κ3) is 3.33. The zero-order valence-electron chi connectivity index (χ0n) is 11.7. The van der Waals surface area contributed by atoms with E-state index >= 15 is 0 Å².